The topological polar surface area (TPSA) is 37.8 Å². The van der Waals surface area contributed by atoms with Crippen LogP contribution in [0.3, 0.4) is 0 Å². The van der Waals surface area contributed by atoms with Gasteiger partial charge in [0, 0.05) is 23.8 Å². The molecule has 2 rings (SSSR count). The van der Waals surface area contributed by atoms with Gasteiger partial charge in [-0.3, -0.25) is 4.98 Å². The van der Waals surface area contributed by atoms with Crippen molar-refractivity contribution in [3.05, 3.63) is 30.1 Å². The lowest BCUT2D eigenvalue weighted by atomic mass is 10.2. The first kappa shape index (κ1) is 8.94. The first-order chi connectivity index (χ1) is 6.81. The van der Waals surface area contributed by atoms with Crippen molar-refractivity contribution in [3.63, 3.8) is 0 Å². The Morgan fingerprint density at radius 2 is 2.29 bits per heavy atom. The zero-order valence-corrected chi connectivity index (χ0v) is 8.41. The molecule has 72 valence electrons. The number of fused-ring (bicyclic) bond motifs is 1. The van der Waals surface area contributed by atoms with Gasteiger partial charge in [-0.05, 0) is 26.0 Å². The summed E-state index contributed by atoms with van der Waals surface area (Å²) in [6.07, 6.45) is 1.79. The largest absolute Gasteiger partial charge is 0.369 e. The maximum atomic E-state index is 4.42. The molecule has 0 unspecified atom stereocenters. The van der Waals surface area contributed by atoms with E-state index in [1.807, 2.05) is 19.1 Å². The molecule has 0 aromatic carbocycles. The number of aryl methyl sites for hydroxylation is 1. The first-order valence-corrected chi connectivity index (χ1v) is 4.77. The Bertz CT molecular complexity index is 451. The Morgan fingerprint density at radius 1 is 1.43 bits per heavy atom. The van der Waals surface area contributed by atoms with E-state index in [4.69, 9.17) is 0 Å². The highest BCUT2D eigenvalue weighted by Crippen LogP contribution is 2.19. The molecule has 0 spiro atoms. The van der Waals surface area contributed by atoms with Crippen LogP contribution in [0.1, 0.15) is 12.6 Å². The van der Waals surface area contributed by atoms with Gasteiger partial charge in [0.15, 0.2) is 5.82 Å². The molecule has 0 fully saturated rings. The van der Waals surface area contributed by atoms with Gasteiger partial charge in [-0.15, -0.1) is 0 Å². The summed E-state index contributed by atoms with van der Waals surface area (Å²) < 4.78 is 0. The SMILES string of the molecule is CCNc1nc(C)cc2cccnc12. The summed E-state index contributed by atoms with van der Waals surface area (Å²) in [5.41, 5.74) is 1.96. The quantitative estimate of drug-likeness (QED) is 0.784. The molecule has 3 nitrogen and oxygen atoms in total. The summed E-state index contributed by atoms with van der Waals surface area (Å²) in [6.45, 7) is 4.91. The van der Waals surface area contributed by atoms with E-state index in [1.54, 1.807) is 6.20 Å². The predicted octanol–water partition coefficient (Wildman–Crippen LogP) is 2.37. The van der Waals surface area contributed by atoms with E-state index in [1.165, 1.54) is 0 Å². The zero-order valence-electron chi connectivity index (χ0n) is 8.41. The standard InChI is InChI=1S/C11H13N3/c1-3-12-11-10-9(5-4-6-13-10)7-8(2)14-11/h4-7H,3H2,1-2H3,(H,12,14). The monoisotopic (exact) mass is 187 g/mol. The van der Waals surface area contributed by atoms with Crippen LogP contribution in [0.25, 0.3) is 10.9 Å². The highest BCUT2D eigenvalue weighted by molar-refractivity contribution is 5.88. The minimum atomic E-state index is 0.863. The van der Waals surface area contributed by atoms with Gasteiger partial charge in [-0.1, -0.05) is 6.07 Å². The van der Waals surface area contributed by atoms with Crippen molar-refractivity contribution in [1.29, 1.82) is 0 Å². The molecule has 0 radical (unpaired) electrons. The fourth-order valence-electron chi connectivity index (χ4n) is 1.51. The van der Waals surface area contributed by atoms with Crippen LogP contribution in [-0.4, -0.2) is 16.5 Å². The number of pyridine rings is 2. The maximum Gasteiger partial charge on any atom is 0.152 e. The number of rotatable bonds is 2. The van der Waals surface area contributed by atoms with Crippen molar-refractivity contribution in [1.82, 2.24) is 9.97 Å². The van der Waals surface area contributed by atoms with E-state index in [0.29, 0.717) is 0 Å². The average molecular weight is 187 g/mol. The molecular weight excluding hydrogens is 174 g/mol. The molecule has 0 saturated heterocycles. The number of aromatic nitrogens is 2. The number of nitrogens with zero attached hydrogens (tertiary/aromatic N) is 2. The van der Waals surface area contributed by atoms with Crippen LogP contribution in [0.15, 0.2) is 24.4 Å². The summed E-state index contributed by atoms with van der Waals surface area (Å²) in [6, 6.07) is 6.04. The van der Waals surface area contributed by atoms with Gasteiger partial charge in [0.05, 0.1) is 0 Å². The van der Waals surface area contributed by atoms with Crippen LogP contribution >= 0.6 is 0 Å². The van der Waals surface area contributed by atoms with E-state index >= 15 is 0 Å². The fraction of sp³-hybridized carbons (Fsp3) is 0.273. The number of anilines is 1. The molecule has 2 aromatic rings. The number of hydrogen-bond donors (Lipinski definition) is 1. The minimum absolute atomic E-state index is 0.863. The zero-order chi connectivity index (χ0) is 9.97. The van der Waals surface area contributed by atoms with Crippen molar-refractivity contribution in [2.24, 2.45) is 0 Å². The van der Waals surface area contributed by atoms with Gasteiger partial charge in [0.1, 0.15) is 5.52 Å². The fourth-order valence-corrected chi connectivity index (χ4v) is 1.51. The van der Waals surface area contributed by atoms with Crippen molar-refractivity contribution >= 4 is 16.7 Å². The molecular formula is C11H13N3. The molecule has 0 aliphatic carbocycles. The first-order valence-electron chi connectivity index (χ1n) is 4.77. The summed E-state index contributed by atoms with van der Waals surface area (Å²) in [5.74, 6) is 0.878. The highest BCUT2D eigenvalue weighted by atomic mass is 15.0. The van der Waals surface area contributed by atoms with Gasteiger partial charge < -0.3 is 5.32 Å². The lowest BCUT2D eigenvalue weighted by molar-refractivity contribution is 1.13. The van der Waals surface area contributed by atoms with Gasteiger partial charge in [-0.2, -0.15) is 0 Å². The van der Waals surface area contributed by atoms with Crippen molar-refractivity contribution in [2.45, 2.75) is 13.8 Å². The average Bonchev–Trinajstić information content (AvgIpc) is 2.18. The van der Waals surface area contributed by atoms with Crippen LogP contribution in [0.4, 0.5) is 5.82 Å². The van der Waals surface area contributed by atoms with Gasteiger partial charge >= 0.3 is 0 Å². The molecule has 2 heterocycles. The van der Waals surface area contributed by atoms with E-state index in [0.717, 1.165) is 29.0 Å². The van der Waals surface area contributed by atoms with Crippen LogP contribution in [0.5, 0.6) is 0 Å². The third kappa shape index (κ3) is 1.53. The minimum Gasteiger partial charge on any atom is -0.369 e. The summed E-state index contributed by atoms with van der Waals surface area (Å²) in [7, 11) is 0. The predicted molar refractivity (Wildman–Crippen MR) is 58.4 cm³/mol. The highest BCUT2D eigenvalue weighted by Gasteiger charge is 2.02. The smallest absolute Gasteiger partial charge is 0.152 e. The second kappa shape index (κ2) is 3.62. The Morgan fingerprint density at radius 3 is 3.07 bits per heavy atom. The van der Waals surface area contributed by atoms with Crippen LogP contribution in [0.2, 0.25) is 0 Å². The Hall–Kier alpha value is -1.64. The molecule has 0 bridgehead atoms. The lowest BCUT2D eigenvalue weighted by Gasteiger charge is -2.06. The van der Waals surface area contributed by atoms with E-state index in [9.17, 15) is 0 Å². The lowest BCUT2D eigenvalue weighted by Crippen LogP contribution is -2.01. The van der Waals surface area contributed by atoms with Gasteiger partial charge in [0.25, 0.3) is 0 Å². The molecule has 0 amide bonds. The molecule has 0 atom stereocenters. The second-order valence-corrected chi connectivity index (χ2v) is 3.22. The van der Waals surface area contributed by atoms with Crippen molar-refractivity contribution < 1.29 is 0 Å². The number of hydrogen-bond acceptors (Lipinski definition) is 3. The van der Waals surface area contributed by atoms with E-state index in [2.05, 4.69) is 28.3 Å². The molecule has 0 saturated carbocycles. The van der Waals surface area contributed by atoms with E-state index < -0.39 is 0 Å². The maximum absolute atomic E-state index is 4.42. The number of nitrogens with one attached hydrogen (secondary N) is 1. The summed E-state index contributed by atoms with van der Waals surface area (Å²) in [4.78, 5) is 8.73. The van der Waals surface area contributed by atoms with Crippen molar-refractivity contribution in [2.75, 3.05) is 11.9 Å². The normalized spacial score (nSPS) is 10.4. The Kier molecular flexibility index (Phi) is 2.31. The Balaban J connectivity index is 2.67. The summed E-state index contributed by atoms with van der Waals surface area (Å²) >= 11 is 0. The summed E-state index contributed by atoms with van der Waals surface area (Å²) in [5, 5.41) is 4.35. The molecule has 1 N–H and O–H groups in total. The third-order valence-electron chi connectivity index (χ3n) is 2.06. The molecule has 3 heteroatoms. The van der Waals surface area contributed by atoms with Crippen LogP contribution in [-0.2, 0) is 0 Å². The van der Waals surface area contributed by atoms with Crippen molar-refractivity contribution in [3.8, 4) is 0 Å². The van der Waals surface area contributed by atoms with Crippen LogP contribution in [0, 0.1) is 6.92 Å². The molecule has 0 aliphatic heterocycles. The molecule has 2 aromatic heterocycles. The molecule has 14 heavy (non-hydrogen) atoms. The van der Waals surface area contributed by atoms with Crippen LogP contribution < -0.4 is 5.32 Å². The second-order valence-electron chi connectivity index (χ2n) is 3.22. The Labute approximate surface area is 83.2 Å². The third-order valence-corrected chi connectivity index (χ3v) is 2.06. The van der Waals surface area contributed by atoms with Gasteiger partial charge in [-0.25, -0.2) is 4.98 Å². The molecule has 0 aliphatic rings. The van der Waals surface area contributed by atoms with Gasteiger partial charge in [0.2, 0.25) is 0 Å². The van der Waals surface area contributed by atoms with E-state index in [-0.39, 0.29) is 0 Å².